The molecule has 1 saturated heterocycles. The number of nitrogens with two attached hydrogens (primary N) is 1. The number of hydrogen-bond donors (Lipinski definition) is 2. The van der Waals surface area contributed by atoms with E-state index in [0.717, 1.165) is 69.1 Å². The standard InChI is InChI=1S/C35H39N5O5/c1-3-44-34(42)19-25-8-7-23(21-43-2)17-33(25)45-22-31-30-18-24(27-5-4-6-29-28(27)11-13-37-35(29)36)9-10-32(30)40(38-31)26-12-14-39(20-26)15-16-41/h4-11,13,17-18,26,41H,3,12,14-16,19-22H2,1-2H3,(H2,36,37). The van der Waals surface area contributed by atoms with Crippen LogP contribution in [-0.2, 0) is 33.9 Å². The van der Waals surface area contributed by atoms with Gasteiger partial charge in [0.15, 0.2) is 0 Å². The maximum atomic E-state index is 12.4. The monoisotopic (exact) mass is 609 g/mol. The summed E-state index contributed by atoms with van der Waals surface area (Å²) in [5.41, 5.74) is 11.8. The predicted octanol–water partition coefficient (Wildman–Crippen LogP) is 4.90. The van der Waals surface area contributed by atoms with Crippen LogP contribution in [-0.4, -0.2) is 70.7 Å². The number of hydrogen-bond acceptors (Lipinski definition) is 9. The smallest absolute Gasteiger partial charge is 0.310 e. The van der Waals surface area contributed by atoms with Crippen LogP contribution in [0.1, 0.15) is 36.2 Å². The second-order valence-electron chi connectivity index (χ2n) is 11.3. The van der Waals surface area contributed by atoms with Gasteiger partial charge in [-0.05, 0) is 59.7 Å². The van der Waals surface area contributed by atoms with E-state index >= 15 is 0 Å². The van der Waals surface area contributed by atoms with Gasteiger partial charge in [0.25, 0.3) is 0 Å². The number of rotatable bonds is 12. The van der Waals surface area contributed by atoms with E-state index in [-0.39, 0.29) is 31.6 Å². The third-order valence-electron chi connectivity index (χ3n) is 8.39. The molecular weight excluding hydrogens is 570 g/mol. The van der Waals surface area contributed by atoms with Crippen molar-refractivity contribution in [1.82, 2.24) is 19.7 Å². The minimum absolute atomic E-state index is 0.109. The highest BCUT2D eigenvalue weighted by atomic mass is 16.5. The first kappa shape index (κ1) is 30.5. The lowest BCUT2D eigenvalue weighted by Gasteiger charge is -2.15. The average molecular weight is 610 g/mol. The molecule has 0 bridgehead atoms. The van der Waals surface area contributed by atoms with Crippen molar-refractivity contribution < 1.29 is 24.1 Å². The topological polar surface area (TPSA) is 125 Å². The number of benzene rings is 3. The number of pyridine rings is 1. The maximum absolute atomic E-state index is 12.4. The Morgan fingerprint density at radius 2 is 1.96 bits per heavy atom. The Balaban J connectivity index is 1.40. The SMILES string of the molecule is CCOC(=O)Cc1ccc(COC)cc1OCc1nn(C2CCN(CCO)C2)c2ccc(-c3cccc4c(N)nccc34)cc12. The third-order valence-corrected chi connectivity index (χ3v) is 8.39. The zero-order valence-corrected chi connectivity index (χ0v) is 25.7. The molecular formula is C35H39N5O5. The molecule has 0 radical (unpaired) electrons. The van der Waals surface area contributed by atoms with Crippen LogP contribution in [0.25, 0.3) is 32.8 Å². The van der Waals surface area contributed by atoms with Crippen molar-refractivity contribution in [3.63, 3.8) is 0 Å². The number of methoxy groups -OCH3 is 1. The van der Waals surface area contributed by atoms with Gasteiger partial charge in [0, 0.05) is 49.3 Å². The van der Waals surface area contributed by atoms with Gasteiger partial charge in [-0.25, -0.2) is 4.98 Å². The maximum Gasteiger partial charge on any atom is 0.310 e. The first-order valence-electron chi connectivity index (χ1n) is 15.4. The number of likely N-dealkylation sites (tertiary alicyclic amines) is 1. The van der Waals surface area contributed by atoms with Crippen molar-refractivity contribution >= 4 is 33.5 Å². The number of β-amino-alcohol motifs (C(OH)–C–C–N with tert-alkyl or cyclic N) is 1. The fourth-order valence-electron chi connectivity index (χ4n) is 6.24. The largest absolute Gasteiger partial charge is 0.487 e. The van der Waals surface area contributed by atoms with Crippen LogP contribution in [0.2, 0.25) is 0 Å². The normalized spacial score (nSPS) is 15.2. The first-order chi connectivity index (χ1) is 22.0. The highest BCUT2D eigenvalue weighted by Crippen LogP contribution is 2.35. The summed E-state index contributed by atoms with van der Waals surface area (Å²) in [5, 5.41) is 17.6. The predicted molar refractivity (Wildman–Crippen MR) is 174 cm³/mol. The highest BCUT2D eigenvalue weighted by molar-refractivity contribution is 6.02. The van der Waals surface area contributed by atoms with Crippen molar-refractivity contribution in [1.29, 1.82) is 0 Å². The summed E-state index contributed by atoms with van der Waals surface area (Å²) in [6, 6.07) is 20.4. The molecule has 1 aliphatic rings. The van der Waals surface area contributed by atoms with Crippen LogP contribution in [0.4, 0.5) is 5.82 Å². The zero-order valence-electron chi connectivity index (χ0n) is 25.7. The third kappa shape index (κ3) is 6.49. The first-order valence-corrected chi connectivity index (χ1v) is 15.4. The van der Waals surface area contributed by atoms with Crippen LogP contribution in [0.15, 0.2) is 66.9 Å². The number of anilines is 1. The molecule has 0 aliphatic carbocycles. The summed E-state index contributed by atoms with van der Waals surface area (Å²) in [6.45, 7) is 5.26. The van der Waals surface area contributed by atoms with E-state index < -0.39 is 0 Å². The Kier molecular flexibility index (Phi) is 9.25. The van der Waals surface area contributed by atoms with Gasteiger partial charge in [-0.2, -0.15) is 5.10 Å². The summed E-state index contributed by atoms with van der Waals surface area (Å²) in [5.74, 6) is 0.796. The fourth-order valence-corrected chi connectivity index (χ4v) is 6.24. The lowest BCUT2D eigenvalue weighted by Crippen LogP contribution is -2.25. The molecule has 1 fully saturated rings. The number of aromatic nitrogens is 3. The summed E-state index contributed by atoms with van der Waals surface area (Å²) < 4.78 is 19.1. The average Bonchev–Trinajstić information content (AvgIpc) is 3.65. The summed E-state index contributed by atoms with van der Waals surface area (Å²) in [7, 11) is 1.65. The molecule has 1 aliphatic heterocycles. The second-order valence-corrected chi connectivity index (χ2v) is 11.3. The summed E-state index contributed by atoms with van der Waals surface area (Å²) in [4.78, 5) is 18.9. The highest BCUT2D eigenvalue weighted by Gasteiger charge is 2.27. The number of carbonyl (C=O) groups is 1. The second kappa shape index (κ2) is 13.6. The van der Waals surface area contributed by atoms with E-state index in [0.29, 0.717) is 31.3 Å². The van der Waals surface area contributed by atoms with Gasteiger partial charge in [-0.15, -0.1) is 0 Å². The molecule has 0 amide bonds. The number of nitrogen functional groups attached to an aromatic ring is 1. The van der Waals surface area contributed by atoms with E-state index in [9.17, 15) is 9.90 Å². The lowest BCUT2D eigenvalue weighted by atomic mass is 9.97. The number of carbonyl (C=O) groups excluding carboxylic acids is 1. The number of esters is 1. The number of fused-ring (bicyclic) bond motifs is 2. The molecule has 3 aromatic carbocycles. The van der Waals surface area contributed by atoms with Crippen LogP contribution in [0.5, 0.6) is 5.75 Å². The minimum Gasteiger partial charge on any atom is -0.487 e. The van der Waals surface area contributed by atoms with E-state index in [2.05, 4.69) is 38.8 Å². The molecule has 6 rings (SSSR count). The van der Waals surface area contributed by atoms with E-state index in [1.807, 2.05) is 36.4 Å². The Bertz CT molecular complexity index is 1820. The number of aliphatic hydroxyl groups excluding tert-OH is 1. The molecule has 5 aromatic rings. The lowest BCUT2D eigenvalue weighted by molar-refractivity contribution is -0.142. The Labute approximate surface area is 262 Å². The van der Waals surface area contributed by atoms with Crippen LogP contribution in [0.3, 0.4) is 0 Å². The molecule has 3 N–H and O–H groups in total. The number of aliphatic hydroxyl groups is 1. The molecule has 2 aromatic heterocycles. The van der Waals surface area contributed by atoms with Gasteiger partial charge in [0.2, 0.25) is 0 Å². The van der Waals surface area contributed by atoms with Crippen molar-refractivity contribution in [2.45, 2.75) is 39.0 Å². The van der Waals surface area contributed by atoms with Crippen molar-refractivity contribution in [3.05, 3.63) is 83.7 Å². The molecule has 10 heteroatoms. The van der Waals surface area contributed by atoms with E-state index in [1.54, 1.807) is 20.2 Å². The zero-order chi connectivity index (χ0) is 31.3. The molecule has 3 heterocycles. The quantitative estimate of drug-likeness (QED) is 0.190. The minimum atomic E-state index is -0.305. The van der Waals surface area contributed by atoms with E-state index in [4.69, 9.17) is 25.0 Å². The van der Waals surface area contributed by atoms with Crippen LogP contribution >= 0.6 is 0 Å². The van der Waals surface area contributed by atoms with Gasteiger partial charge < -0.3 is 25.1 Å². The number of nitrogens with zero attached hydrogens (tertiary/aromatic N) is 4. The molecule has 1 atom stereocenters. The molecule has 10 nitrogen and oxygen atoms in total. The Morgan fingerprint density at radius 3 is 2.78 bits per heavy atom. The van der Waals surface area contributed by atoms with Crippen molar-refractivity contribution in [3.8, 4) is 16.9 Å². The van der Waals surface area contributed by atoms with Gasteiger partial charge in [-0.3, -0.25) is 14.4 Å². The van der Waals surface area contributed by atoms with Gasteiger partial charge in [0.05, 0.1) is 37.8 Å². The Morgan fingerprint density at radius 1 is 1.07 bits per heavy atom. The molecule has 45 heavy (non-hydrogen) atoms. The summed E-state index contributed by atoms with van der Waals surface area (Å²) in [6.07, 6.45) is 2.79. The van der Waals surface area contributed by atoms with Crippen LogP contribution in [0, 0.1) is 0 Å². The fraction of sp³-hybridized carbons (Fsp3) is 0.343. The van der Waals surface area contributed by atoms with Gasteiger partial charge >= 0.3 is 5.97 Å². The van der Waals surface area contributed by atoms with Crippen LogP contribution < -0.4 is 10.5 Å². The van der Waals surface area contributed by atoms with Crippen molar-refractivity contribution in [2.75, 3.05) is 45.7 Å². The Hall–Kier alpha value is -4.51. The molecule has 234 valence electrons. The molecule has 0 spiro atoms. The van der Waals surface area contributed by atoms with Gasteiger partial charge in [-0.1, -0.05) is 36.4 Å². The molecule has 1 unspecified atom stereocenters. The summed E-state index contributed by atoms with van der Waals surface area (Å²) >= 11 is 0. The van der Waals surface area contributed by atoms with E-state index in [1.165, 1.54) is 0 Å². The molecule has 0 saturated carbocycles. The van der Waals surface area contributed by atoms with Crippen molar-refractivity contribution in [2.24, 2.45) is 0 Å². The number of ether oxygens (including phenoxy) is 3. The van der Waals surface area contributed by atoms with Gasteiger partial charge in [0.1, 0.15) is 23.9 Å².